The second-order valence-corrected chi connectivity index (χ2v) is 6.58. The maximum Gasteiger partial charge on any atom is 0.409 e. The van der Waals surface area contributed by atoms with Crippen molar-refractivity contribution in [2.24, 2.45) is 11.5 Å². The summed E-state index contributed by atoms with van der Waals surface area (Å²) in [5.41, 5.74) is 16.1. The number of ether oxygens (including phenoxy) is 1. The summed E-state index contributed by atoms with van der Waals surface area (Å²) in [7, 11) is 0. The Labute approximate surface area is 154 Å². The van der Waals surface area contributed by atoms with Gasteiger partial charge in [-0.05, 0) is 48.2 Å². The minimum Gasteiger partial charge on any atom is -0.448 e. The van der Waals surface area contributed by atoms with Gasteiger partial charge < -0.3 is 21.1 Å². The van der Waals surface area contributed by atoms with E-state index in [1.165, 1.54) is 22.3 Å². The molecule has 0 heterocycles. The van der Waals surface area contributed by atoms with Crippen molar-refractivity contribution in [3.05, 3.63) is 59.7 Å². The van der Waals surface area contributed by atoms with Crippen LogP contribution in [-0.2, 0) is 4.74 Å². The predicted octanol–water partition coefficient (Wildman–Crippen LogP) is 2.94. The molecule has 0 aliphatic heterocycles. The van der Waals surface area contributed by atoms with Gasteiger partial charge in [0.1, 0.15) is 6.61 Å². The minimum atomic E-state index is -0.284. The summed E-state index contributed by atoms with van der Waals surface area (Å²) < 4.78 is 5.70. The first kappa shape index (κ1) is 18.4. The van der Waals surface area contributed by atoms with Gasteiger partial charge >= 0.3 is 6.09 Å². The highest BCUT2D eigenvalue weighted by Gasteiger charge is 2.29. The normalized spacial score (nSPS) is 12.5. The smallest absolute Gasteiger partial charge is 0.409 e. The van der Waals surface area contributed by atoms with Crippen molar-refractivity contribution in [2.75, 3.05) is 32.8 Å². The highest BCUT2D eigenvalue weighted by atomic mass is 16.6. The average Bonchev–Trinajstić information content (AvgIpc) is 3.00. The number of fused-ring (bicyclic) bond motifs is 3. The number of nitrogens with two attached hydrogens (primary N) is 2. The molecule has 3 rings (SSSR count). The largest absolute Gasteiger partial charge is 0.448 e. The number of hydrogen-bond acceptors (Lipinski definition) is 4. The summed E-state index contributed by atoms with van der Waals surface area (Å²) in [6.07, 6.45) is 1.23. The van der Waals surface area contributed by atoms with Crippen LogP contribution in [0.1, 0.15) is 29.9 Å². The van der Waals surface area contributed by atoms with Crippen LogP contribution in [0.15, 0.2) is 48.5 Å². The van der Waals surface area contributed by atoms with E-state index in [0.717, 1.165) is 12.8 Å². The van der Waals surface area contributed by atoms with Gasteiger partial charge in [-0.1, -0.05) is 48.5 Å². The molecule has 2 aromatic carbocycles. The molecule has 26 heavy (non-hydrogen) atoms. The van der Waals surface area contributed by atoms with E-state index in [1.54, 1.807) is 4.90 Å². The zero-order chi connectivity index (χ0) is 18.4. The molecule has 0 radical (unpaired) electrons. The molecule has 0 spiro atoms. The van der Waals surface area contributed by atoms with Gasteiger partial charge in [-0.2, -0.15) is 0 Å². The third-order valence-electron chi connectivity index (χ3n) is 4.86. The molecule has 5 nitrogen and oxygen atoms in total. The third kappa shape index (κ3) is 3.89. The van der Waals surface area contributed by atoms with E-state index >= 15 is 0 Å². The Hall–Kier alpha value is -2.37. The highest BCUT2D eigenvalue weighted by molar-refractivity contribution is 5.79. The first-order valence-corrected chi connectivity index (χ1v) is 9.26. The molecule has 5 heteroatoms. The molecule has 0 bridgehead atoms. The van der Waals surface area contributed by atoms with Crippen LogP contribution in [0.3, 0.4) is 0 Å². The molecule has 138 valence electrons. The van der Waals surface area contributed by atoms with E-state index in [0.29, 0.717) is 32.8 Å². The van der Waals surface area contributed by atoms with Crippen LogP contribution < -0.4 is 11.5 Å². The van der Waals surface area contributed by atoms with Crippen molar-refractivity contribution < 1.29 is 9.53 Å². The van der Waals surface area contributed by atoms with E-state index in [9.17, 15) is 4.79 Å². The lowest BCUT2D eigenvalue weighted by Crippen LogP contribution is -2.35. The fourth-order valence-corrected chi connectivity index (χ4v) is 3.54. The molecule has 0 aromatic heterocycles. The van der Waals surface area contributed by atoms with E-state index in [-0.39, 0.29) is 12.0 Å². The van der Waals surface area contributed by atoms with Gasteiger partial charge in [0.05, 0.1) is 0 Å². The number of amides is 1. The second kappa shape index (κ2) is 8.83. The van der Waals surface area contributed by atoms with Gasteiger partial charge in [0.15, 0.2) is 0 Å². The Bertz CT molecular complexity index is 694. The molecular weight excluding hydrogens is 326 g/mol. The standard InChI is InChI=1S/C21H27N3O2/c22-11-5-13-24(14-6-12-23)21(25)26-15-20-18-9-3-1-7-16(18)17-8-2-4-10-19(17)20/h1-4,7-10,20H,5-6,11-15,22-23H2. The van der Waals surface area contributed by atoms with Gasteiger partial charge in [-0.3, -0.25) is 0 Å². The van der Waals surface area contributed by atoms with Gasteiger partial charge in [-0.15, -0.1) is 0 Å². The Morgan fingerprint density at radius 2 is 1.38 bits per heavy atom. The molecule has 0 atom stereocenters. The van der Waals surface area contributed by atoms with Gasteiger partial charge in [0.25, 0.3) is 0 Å². The maximum absolute atomic E-state index is 12.6. The van der Waals surface area contributed by atoms with Crippen molar-refractivity contribution >= 4 is 6.09 Å². The molecule has 1 amide bonds. The lowest BCUT2D eigenvalue weighted by molar-refractivity contribution is 0.0992. The van der Waals surface area contributed by atoms with Crippen molar-refractivity contribution in [3.63, 3.8) is 0 Å². The number of hydrogen-bond donors (Lipinski definition) is 2. The number of carbonyl (C=O) groups is 1. The van der Waals surface area contributed by atoms with Crippen LogP contribution in [0, 0.1) is 0 Å². The molecule has 2 aromatic rings. The Morgan fingerprint density at radius 1 is 0.885 bits per heavy atom. The number of nitrogens with zero attached hydrogens (tertiary/aromatic N) is 1. The van der Waals surface area contributed by atoms with E-state index < -0.39 is 0 Å². The zero-order valence-electron chi connectivity index (χ0n) is 15.1. The van der Waals surface area contributed by atoms with Crippen LogP contribution >= 0.6 is 0 Å². The summed E-state index contributed by atoms with van der Waals surface area (Å²) in [4.78, 5) is 14.3. The number of carbonyl (C=O) groups excluding carboxylic acids is 1. The lowest BCUT2D eigenvalue weighted by Gasteiger charge is -2.23. The minimum absolute atomic E-state index is 0.0808. The van der Waals surface area contributed by atoms with Crippen LogP contribution in [-0.4, -0.2) is 43.8 Å². The molecule has 0 unspecified atom stereocenters. The summed E-state index contributed by atoms with van der Waals surface area (Å²) in [5.74, 6) is 0.0808. The zero-order valence-corrected chi connectivity index (χ0v) is 15.1. The van der Waals surface area contributed by atoms with Crippen molar-refractivity contribution in [1.29, 1.82) is 0 Å². The summed E-state index contributed by atoms with van der Waals surface area (Å²) in [6, 6.07) is 16.7. The average molecular weight is 353 g/mol. The van der Waals surface area contributed by atoms with Gasteiger partial charge in [0.2, 0.25) is 0 Å². The molecule has 0 fully saturated rings. The monoisotopic (exact) mass is 353 g/mol. The summed E-state index contributed by atoms with van der Waals surface area (Å²) in [5, 5.41) is 0. The van der Waals surface area contributed by atoms with Crippen molar-refractivity contribution in [2.45, 2.75) is 18.8 Å². The Morgan fingerprint density at radius 3 is 1.88 bits per heavy atom. The Kier molecular flexibility index (Phi) is 6.26. The maximum atomic E-state index is 12.6. The van der Waals surface area contributed by atoms with Gasteiger partial charge in [0, 0.05) is 19.0 Å². The predicted molar refractivity (Wildman–Crippen MR) is 104 cm³/mol. The van der Waals surface area contributed by atoms with Gasteiger partial charge in [-0.25, -0.2) is 4.79 Å². The SMILES string of the molecule is NCCCN(CCCN)C(=O)OCC1c2ccccc2-c2ccccc21. The fraction of sp³-hybridized carbons (Fsp3) is 0.381. The van der Waals surface area contributed by atoms with Crippen molar-refractivity contribution in [1.82, 2.24) is 4.90 Å². The summed E-state index contributed by atoms with van der Waals surface area (Å²) in [6.45, 7) is 2.65. The van der Waals surface area contributed by atoms with Crippen LogP contribution in [0.2, 0.25) is 0 Å². The second-order valence-electron chi connectivity index (χ2n) is 6.58. The first-order chi connectivity index (χ1) is 12.8. The molecule has 1 aliphatic rings. The fourth-order valence-electron chi connectivity index (χ4n) is 3.54. The third-order valence-corrected chi connectivity index (χ3v) is 4.86. The van der Waals surface area contributed by atoms with Crippen LogP contribution in [0.4, 0.5) is 4.79 Å². The molecule has 1 aliphatic carbocycles. The van der Waals surface area contributed by atoms with E-state index in [1.807, 2.05) is 24.3 Å². The summed E-state index contributed by atoms with van der Waals surface area (Å²) >= 11 is 0. The molecule has 0 saturated carbocycles. The molecule has 4 N–H and O–H groups in total. The Balaban J connectivity index is 1.71. The number of rotatable bonds is 8. The van der Waals surface area contributed by atoms with E-state index in [4.69, 9.17) is 16.2 Å². The highest BCUT2D eigenvalue weighted by Crippen LogP contribution is 2.44. The molecule has 0 saturated heterocycles. The van der Waals surface area contributed by atoms with Crippen LogP contribution in [0.25, 0.3) is 11.1 Å². The quantitative estimate of drug-likeness (QED) is 0.764. The molecular formula is C21H27N3O2. The first-order valence-electron chi connectivity index (χ1n) is 9.26. The lowest BCUT2D eigenvalue weighted by atomic mass is 9.98. The number of benzene rings is 2. The van der Waals surface area contributed by atoms with Crippen LogP contribution in [0.5, 0.6) is 0 Å². The van der Waals surface area contributed by atoms with Crippen molar-refractivity contribution in [3.8, 4) is 11.1 Å². The van der Waals surface area contributed by atoms with E-state index in [2.05, 4.69) is 24.3 Å². The topological polar surface area (TPSA) is 81.6 Å².